The Morgan fingerprint density at radius 3 is 2.80 bits per heavy atom. The zero-order chi connectivity index (χ0) is 14.2. The highest BCUT2D eigenvalue weighted by Crippen LogP contribution is 2.21. The molecule has 4 heteroatoms. The van der Waals surface area contributed by atoms with Crippen LogP contribution >= 0.6 is 0 Å². The molecule has 0 saturated carbocycles. The molecule has 0 bridgehead atoms. The molecule has 1 aromatic carbocycles. The lowest BCUT2D eigenvalue weighted by molar-refractivity contribution is -0.122. The summed E-state index contributed by atoms with van der Waals surface area (Å²) in [4.78, 5) is 13.9. The SMILES string of the molecule is COCCNC(=O)CN1CC=C(c2ccccc2)CC1. The summed E-state index contributed by atoms with van der Waals surface area (Å²) in [6.45, 7) is 3.36. The molecular weight excluding hydrogens is 252 g/mol. The zero-order valence-corrected chi connectivity index (χ0v) is 12.0. The standard InChI is InChI=1S/C16H22N2O2/c1-20-12-9-17-16(19)13-18-10-7-15(8-11-18)14-5-3-2-4-6-14/h2-7H,8-13H2,1H3,(H,17,19). The molecule has 1 aromatic rings. The van der Waals surface area contributed by atoms with Crippen molar-refractivity contribution in [3.05, 3.63) is 42.0 Å². The van der Waals surface area contributed by atoms with E-state index in [2.05, 4.69) is 40.6 Å². The molecule has 0 atom stereocenters. The van der Waals surface area contributed by atoms with Gasteiger partial charge in [-0.15, -0.1) is 0 Å². The van der Waals surface area contributed by atoms with Crippen molar-refractivity contribution in [2.75, 3.05) is 39.9 Å². The predicted molar refractivity (Wildman–Crippen MR) is 80.4 cm³/mol. The monoisotopic (exact) mass is 274 g/mol. The van der Waals surface area contributed by atoms with Crippen molar-refractivity contribution in [2.45, 2.75) is 6.42 Å². The van der Waals surface area contributed by atoms with Crippen LogP contribution in [0, 0.1) is 0 Å². The van der Waals surface area contributed by atoms with Crippen LogP contribution in [0.1, 0.15) is 12.0 Å². The van der Waals surface area contributed by atoms with Gasteiger partial charge in [0.05, 0.1) is 13.2 Å². The fourth-order valence-electron chi connectivity index (χ4n) is 2.32. The second-order valence-electron chi connectivity index (χ2n) is 4.92. The van der Waals surface area contributed by atoms with E-state index in [4.69, 9.17) is 4.74 Å². The van der Waals surface area contributed by atoms with E-state index in [1.54, 1.807) is 7.11 Å². The highest BCUT2D eigenvalue weighted by atomic mass is 16.5. The largest absolute Gasteiger partial charge is 0.383 e. The highest BCUT2D eigenvalue weighted by molar-refractivity contribution is 5.78. The number of nitrogens with one attached hydrogen (secondary N) is 1. The van der Waals surface area contributed by atoms with Gasteiger partial charge in [-0.05, 0) is 17.6 Å². The number of rotatable bonds is 6. The van der Waals surface area contributed by atoms with E-state index in [1.807, 2.05) is 6.07 Å². The van der Waals surface area contributed by atoms with Crippen LogP contribution in [0.5, 0.6) is 0 Å². The summed E-state index contributed by atoms with van der Waals surface area (Å²) in [6.07, 6.45) is 3.22. The summed E-state index contributed by atoms with van der Waals surface area (Å²) in [7, 11) is 1.63. The minimum absolute atomic E-state index is 0.0682. The van der Waals surface area contributed by atoms with Gasteiger partial charge in [-0.1, -0.05) is 36.4 Å². The number of amides is 1. The maximum Gasteiger partial charge on any atom is 0.234 e. The van der Waals surface area contributed by atoms with Gasteiger partial charge in [0.1, 0.15) is 0 Å². The van der Waals surface area contributed by atoms with Crippen molar-refractivity contribution in [2.24, 2.45) is 0 Å². The van der Waals surface area contributed by atoms with Gasteiger partial charge in [0.25, 0.3) is 0 Å². The number of hydrogen-bond acceptors (Lipinski definition) is 3. The summed E-state index contributed by atoms with van der Waals surface area (Å²) in [5.74, 6) is 0.0682. The first-order chi connectivity index (χ1) is 9.79. The Bertz CT molecular complexity index is 457. The lowest BCUT2D eigenvalue weighted by Crippen LogP contribution is -2.40. The molecule has 108 valence electrons. The molecule has 0 aliphatic carbocycles. The van der Waals surface area contributed by atoms with Gasteiger partial charge in [-0.2, -0.15) is 0 Å². The minimum atomic E-state index is 0.0682. The van der Waals surface area contributed by atoms with E-state index < -0.39 is 0 Å². The van der Waals surface area contributed by atoms with Crippen molar-refractivity contribution >= 4 is 11.5 Å². The number of carbonyl (C=O) groups excluding carboxylic acids is 1. The maximum atomic E-state index is 11.7. The molecule has 20 heavy (non-hydrogen) atoms. The van der Waals surface area contributed by atoms with Crippen LogP contribution in [0.4, 0.5) is 0 Å². The third kappa shape index (κ3) is 4.47. The van der Waals surface area contributed by atoms with Crippen LogP contribution in [-0.4, -0.2) is 50.7 Å². The van der Waals surface area contributed by atoms with Crippen LogP contribution in [-0.2, 0) is 9.53 Å². The Morgan fingerprint density at radius 2 is 2.15 bits per heavy atom. The number of benzene rings is 1. The summed E-state index contributed by atoms with van der Waals surface area (Å²) in [5.41, 5.74) is 2.67. The Balaban J connectivity index is 1.79. The lowest BCUT2D eigenvalue weighted by atomic mass is 10.00. The molecule has 1 heterocycles. The van der Waals surface area contributed by atoms with Crippen LogP contribution in [0.15, 0.2) is 36.4 Å². The molecule has 1 amide bonds. The minimum Gasteiger partial charge on any atom is -0.383 e. The summed E-state index contributed by atoms with van der Waals surface area (Å²) in [5, 5.41) is 2.85. The van der Waals surface area contributed by atoms with Crippen molar-refractivity contribution in [3.8, 4) is 0 Å². The van der Waals surface area contributed by atoms with Gasteiger partial charge < -0.3 is 10.1 Å². The fourth-order valence-corrected chi connectivity index (χ4v) is 2.32. The summed E-state index contributed by atoms with van der Waals surface area (Å²) < 4.78 is 4.91. The molecule has 0 fully saturated rings. The smallest absolute Gasteiger partial charge is 0.234 e. The first kappa shape index (κ1) is 14.8. The molecule has 1 aliphatic rings. The lowest BCUT2D eigenvalue weighted by Gasteiger charge is -2.25. The van der Waals surface area contributed by atoms with Gasteiger partial charge in [0, 0.05) is 26.7 Å². The third-order valence-corrected chi connectivity index (χ3v) is 3.43. The van der Waals surface area contributed by atoms with Crippen LogP contribution in [0.25, 0.3) is 5.57 Å². The number of ether oxygens (including phenoxy) is 1. The van der Waals surface area contributed by atoms with Gasteiger partial charge in [-0.3, -0.25) is 9.69 Å². The molecule has 0 unspecified atom stereocenters. The van der Waals surface area contributed by atoms with Crippen molar-refractivity contribution in [1.82, 2.24) is 10.2 Å². The van der Waals surface area contributed by atoms with E-state index in [1.165, 1.54) is 11.1 Å². The third-order valence-electron chi connectivity index (χ3n) is 3.43. The number of carbonyl (C=O) groups is 1. The van der Waals surface area contributed by atoms with Gasteiger partial charge >= 0.3 is 0 Å². The van der Waals surface area contributed by atoms with Gasteiger partial charge in [-0.25, -0.2) is 0 Å². The maximum absolute atomic E-state index is 11.7. The van der Waals surface area contributed by atoms with Crippen molar-refractivity contribution < 1.29 is 9.53 Å². The topological polar surface area (TPSA) is 41.6 Å². The fraction of sp³-hybridized carbons (Fsp3) is 0.438. The Hall–Kier alpha value is -1.65. The van der Waals surface area contributed by atoms with Crippen molar-refractivity contribution in [3.63, 3.8) is 0 Å². The molecule has 1 aliphatic heterocycles. The molecule has 0 radical (unpaired) electrons. The van der Waals surface area contributed by atoms with Crippen molar-refractivity contribution in [1.29, 1.82) is 0 Å². The van der Waals surface area contributed by atoms with E-state index in [0.717, 1.165) is 19.5 Å². The number of nitrogens with zero attached hydrogens (tertiary/aromatic N) is 1. The van der Waals surface area contributed by atoms with Crippen LogP contribution in [0.2, 0.25) is 0 Å². The van der Waals surface area contributed by atoms with E-state index in [0.29, 0.717) is 19.7 Å². The number of hydrogen-bond donors (Lipinski definition) is 1. The number of methoxy groups -OCH3 is 1. The quantitative estimate of drug-likeness (QED) is 0.800. The van der Waals surface area contributed by atoms with Crippen LogP contribution < -0.4 is 5.32 Å². The van der Waals surface area contributed by atoms with Gasteiger partial charge in [0.2, 0.25) is 5.91 Å². The molecular formula is C16H22N2O2. The first-order valence-electron chi connectivity index (χ1n) is 7.02. The Labute approximate surface area is 120 Å². The summed E-state index contributed by atoms with van der Waals surface area (Å²) in [6, 6.07) is 10.4. The summed E-state index contributed by atoms with van der Waals surface area (Å²) >= 11 is 0. The average Bonchev–Trinajstić information content (AvgIpc) is 2.49. The normalized spacial score (nSPS) is 15.8. The second kappa shape index (κ2) is 7.82. The highest BCUT2D eigenvalue weighted by Gasteiger charge is 2.15. The van der Waals surface area contributed by atoms with Gasteiger partial charge in [0.15, 0.2) is 0 Å². The molecule has 0 aromatic heterocycles. The zero-order valence-electron chi connectivity index (χ0n) is 12.0. The molecule has 4 nitrogen and oxygen atoms in total. The Kier molecular flexibility index (Phi) is 5.77. The molecule has 0 spiro atoms. The van der Waals surface area contributed by atoms with Crippen LogP contribution in [0.3, 0.4) is 0 Å². The predicted octanol–water partition coefficient (Wildman–Crippen LogP) is 1.54. The molecule has 1 N–H and O–H groups in total. The molecule has 2 rings (SSSR count). The van der Waals surface area contributed by atoms with E-state index in [9.17, 15) is 4.79 Å². The van der Waals surface area contributed by atoms with E-state index in [-0.39, 0.29) is 5.91 Å². The van der Waals surface area contributed by atoms with E-state index >= 15 is 0 Å². The Morgan fingerprint density at radius 1 is 1.35 bits per heavy atom. The first-order valence-corrected chi connectivity index (χ1v) is 7.02. The average molecular weight is 274 g/mol. The second-order valence-corrected chi connectivity index (χ2v) is 4.92. The molecule has 0 saturated heterocycles.